The topological polar surface area (TPSA) is 0 Å². The van der Waals surface area contributed by atoms with E-state index in [1.807, 2.05) is 0 Å². The highest BCUT2D eigenvalue weighted by Crippen LogP contribution is 2.37. The van der Waals surface area contributed by atoms with Gasteiger partial charge in [0.2, 0.25) is 0 Å². The summed E-state index contributed by atoms with van der Waals surface area (Å²) in [5.74, 6) is 0.821. The van der Waals surface area contributed by atoms with Crippen molar-refractivity contribution >= 4 is 27.7 Å². The Labute approximate surface area is 98.6 Å². The maximum absolute atomic E-state index is 3.63. The summed E-state index contributed by atoms with van der Waals surface area (Å²) in [6.45, 7) is 0. The van der Waals surface area contributed by atoms with Gasteiger partial charge >= 0.3 is 0 Å². The lowest BCUT2D eigenvalue weighted by molar-refractivity contribution is 0.722. The van der Waals surface area contributed by atoms with Gasteiger partial charge in [-0.2, -0.15) is 0 Å². The molecule has 0 heterocycles. The smallest absolute Gasteiger partial charge is 0.0313 e. The molecule has 2 heteroatoms. The summed E-state index contributed by atoms with van der Waals surface area (Å²) < 4.78 is 1.26. The summed E-state index contributed by atoms with van der Waals surface area (Å²) in [7, 11) is 0. The molecule has 1 aromatic rings. The van der Waals surface area contributed by atoms with Crippen molar-refractivity contribution in [3.8, 4) is 0 Å². The second kappa shape index (κ2) is 4.71. The largest absolute Gasteiger partial charge is 0.128 e. The van der Waals surface area contributed by atoms with E-state index in [1.54, 1.807) is 11.8 Å². The Bertz CT molecular complexity index is 316. The Morgan fingerprint density at radius 3 is 2.57 bits per heavy atom. The van der Waals surface area contributed by atoms with Crippen LogP contribution in [0, 0.1) is 0 Å². The normalized spacial score (nSPS) is 17.6. The van der Waals surface area contributed by atoms with E-state index in [9.17, 15) is 0 Å². The van der Waals surface area contributed by atoms with Gasteiger partial charge in [0.1, 0.15) is 0 Å². The fourth-order valence-electron chi connectivity index (χ4n) is 2.20. The molecule has 0 amide bonds. The Balaban J connectivity index is 2.23. The number of benzene rings is 1. The second-order valence-electron chi connectivity index (χ2n) is 3.88. The minimum absolute atomic E-state index is 0.821. The monoisotopic (exact) mass is 270 g/mol. The SMILES string of the molecule is CSc1ccc(C2CCCC2)cc1Br. The zero-order valence-electron chi connectivity index (χ0n) is 8.42. The van der Waals surface area contributed by atoms with E-state index in [2.05, 4.69) is 40.4 Å². The van der Waals surface area contributed by atoms with Gasteiger partial charge < -0.3 is 0 Å². The first-order valence-corrected chi connectivity index (χ1v) is 7.16. The molecule has 0 aliphatic heterocycles. The van der Waals surface area contributed by atoms with Crippen molar-refractivity contribution in [1.29, 1.82) is 0 Å². The van der Waals surface area contributed by atoms with Crippen LogP contribution >= 0.6 is 27.7 Å². The molecule has 1 fully saturated rings. The summed E-state index contributed by atoms with van der Waals surface area (Å²) in [6, 6.07) is 6.84. The predicted molar refractivity (Wildman–Crippen MR) is 67.1 cm³/mol. The molecule has 1 aromatic carbocycles. The number of hydrogen-bond acceptors (Lipinski definition) is 1. The first kappa shape index (κ1) is 10.6. The van der Waals surface area contributed by atoms with Crippen molar-refractivity contribution in [3.05, 3.63) is 28.2 Å². The van der Waals surface area contributed by atoms with Crippen molar-refractivity contribution in [1.82, 2.24) is 0 Å². The van der Waals surface area contributed by atoms with Crippen LogP contribution in [0.25, 0.3) is 0 Å². The Hall–Kier alpha value is 0.0500. The highest BCUT2D eigenvalue weighted by molar-refractivity contribution is 9.10. The third-order valence-corrected chi connectivity index (χ3v) is 4.72. The molecule has 0 saturated heterocycles. The van der Waals surface area contributed by atoms with Gasteiger partial charge in [0, 0.05) is 9.37 Å². The van der Waals surface area contributed by atoms with Crippen LogP contribution < -0.4 is 0 Å². The maximum atomic E-state index is 3.63. The molecule has 0 aromatic heterocycles. The standard InChI is InChI=1S/C12H15BrS/c1-14-12-7-6-10(8-11(12)13)9-4-2-3-5-9/h6-9H,2-5H2,1H3. The number of hydrogen-bond donors (Lipinski definition) is 0. The molecule has 1 aliphatic rings. The second-order valence-corrected chi connectivity index (χ2v) is 5.58. The lowest BCUT2D eigenvalue weighted by atomic mass is 9.98. The highest BCUT2D eigenvalue weighted by atomic mass is 79.9. The fourth-order valence-corrected chi connectivity index (χ4v) is 3.54. The van der Waals surface area contributed by atoms with Crippen molar-refractivity contribution in [2.45, 2.75) is 36.5 Å². The lowest BCUT2D eigenvalue weighted by Gasteiger charge is -2.11. The van der Waals surface area contributed by atoms with Gasteiger partial charge in [-0.3, -0.25) is 0 Å². The summed E-state index contributed by atoms with van der Waals surface area (Å²) in [6.07, 6.45) is 7.70. The van der Waals surface area contributed by atoms with Gasteiger partial charge in [0.15, 0.2) is 0 Å². The van der Waals surface area contributed by atoms with Gasteiger partial charge in [0.25, 0.3) is 0 Å². The highest BCUT2D eigenvalue weighted by Gasteiger charge is 2.17. The number of thioether (sulfide) groups is 1. The molecule has 0 unspecified atom stereocenters. The minimum Gasteiger partial charge on any atom is -0.128 e. The molecule has 1 aliphatic carbocycles. The zero-order valence-corrected chi connectivity index (χ0v) is 10.8. The van der Waals surface area contributed by atoms with E-state index >= 15 is 0 Å². The molecule has 2 rings (SSSR count). The van der Waals surface area contributed by atoms with E-state index in [-0.39, 0.29) is 0 Å². The van der Waals surface area contributed by atoms with Crippen LogP contribution in [0.2, 0.25) is 0 Å². The molecule has 0 bridgehead atoms. The first-order chi connectivity index (χ1) is 6.81. The fraction of sp³-hybridized carbons (Fsp3) is 0.500. The third-order valence-electron chi connectivity index (χ3n) is 3.00. The van der Waals surface area contributed by atoms with Crippen molar-refractivity contribution in [2.24, 2.45) is 0 Å². The van der Waals surface area contributed by atoms with Gasteiger partial charge in [-0.1, -0.05) is 18.9 Å². The molecule has 0 nitrogen and oxygen atoms in total. The lowest BCUT2D eigenvalue weighted by Crippen LogP contribution is -1.92. The Morgan fingerprint density at radius 1 is 1.29 bits per heavy atom. The Kier molecular flexibility index (Phi) is 3.56. The summed E-state index contributed by atoms with van der Waals surface area (Å²) in [5, 5.41) is 0. The summed E-state index contributed by atoms with van der Waals surface area (Å²) in [4.78, 5) is 1.34. The van der Waals surface area contributed by atoms with Crippen molar-refractivity contribution in [2.75, 3.05) is 6.26 Å². The number of halogens is 1. The zero-order chi connectivity index (χ0) is 9.97. The molecule has 1 saturated carbocycles. The van der Waals surface area contributed by atoms with Crippen LogP contribution in [0.4, 0.5) is 0 Å². The van der Waals surface area contributed by atoms with Crippen molar-refractivity contribution < 1.29 is 0 Å². The van der Waals surface area contributed by atoms with E-state index in [0.29, 0.717) is 0 Å². The molecule has 0 atom stereocenters. The van der Waals surface area contributed by atoms with Crippen LogP contribution in [-0.4, -0.2) is 6.26 Å². The van der Waals surface area contributed by atoms with E-state index in [4.69, 9.17) is 0 Å². The minimum atomic E-state index is 0.821. The van der Waals surface area contributed by atoms with E-state index in [1.165, 1.54) is 40.6 Å². The summed E-state index contributed by atoms with van der Waals surface area (Å²) >= 11 is 5.43. The number of rotatable bonds is 2. The van der Waals surface area contributed by atoms with Gasteiger partial charge in [-0.25, -0.2) is 0 Å². The molecule has 0 radical (unpaired) electrons. The maximum Gasteiger partial charge on any atom is 0.0313 e. The summed E-state index contributed by atoms with van der Waals surface area (Å²) in [5.41, 5.74) is 1.52. The van der Waals surface area contributed by atoms with Crippen LogP contribution in [0.5, 0.6) is 0 Å². The Morgan fingerprint density at radius 2 is 2.00 bits per heavy atom. The van der Waals surface area contributed by atoms with Crippen LogP contribution in [-0.2, 0) is 0 Å². The molecule has 0 spiro atoms. The molecule has 76 valence electrons. The van der Waals surface area contributed by atoms with Gasteiger partial charge in [-0.05, 0) is 58.6 Å². The average Bonchev–Trinajstić information content (AvgIpc) is 2.70. The first-order valence-electron chi connectivity index (χ1n) is 5.14. The van der Waals surface area contributed by atoms with Gasteiger partial charge in [-0.15, -0.1) is 11.8 Å². The molecular weight excluding hydrogens is 256 g/mol. The third kappa shape index (κ3) is 2.17. The average molecular weight is 271 g/mol. The van der Waals surface area contributed by atoms with Crippen LogP contribution in [0.1, 0.15) is 37.2 Å². The van der Waals surface area contributed by atoms with Crippen LogP contribution in [0.15, 0.2) is 27.6 Å². The molecular formula is C12H15BrS. The van der Waals surface area contributed by atoms with E-state index < -0.39 is 0 Å². The quantitative estimate of drug-likeness (QED) is 0.694. The molecule has 14 heavy (non-hydrogen) atoms. The van der Waals surface area contributed by atoms with E-state index in [0.717, 1.165) is 5.92 Å². The van der Waals surface area contributed by atoms with Crippen LogP contribution in [0.3, 0.4) is 0 Å². The van der Waals surface area contributed by atoms with Gasteiger partial charge in [0.05, 0.1) is 0 Å². The molecule has 0 N–H and O–H groups in total. The van der Waals surface area contributed by atoms with Crippen molar-refractivity contribution in [3.63, 3.8) is 0 Å². The predicted octanol–water partition coefficient (Wildman–Crippen LogP) is 4.83.